The summed E-state index contributed by atoms with van der Waals surface area (Å²) in [6, 6.07) is 13.2. The van der Waals surface area contributed by atoms with E-state index in [4.69, 9.17) is 11.6 Å². The monoisotopic (exact) mass is 436 g/mol. The number of halogens is 1. The van der Waals surface area contributed by atoms with E-state index < -0.39 is 17.4 Å². The van der Waals surface area contributed by atoms with Gasteiger partial charge in [0.1, 0.15) is 17.9 Å². The van der Waals surface area contributed by atoms with E-state index in [1.54, 1.807) is 0 Å². The van der Waals surface area contributed by atoms with Gasteiger partial charge < -0.3 is 10.2 Å². The summed E-state index contributed by atoms with van der Waals surface area (Å²) in [6.45, 7) is 2.93. The lowest BCUT2D eigenvalue weighted by Crippen LogP contribution is -3.19. The van der Waals surface area contributed by atoms with Gasteiger partial charge in [-0.15, -0.1) is 0 Å². The van der Waals surface area contributed by atoms with Gasteiger partial charge in [0.25, 0.3) is 5.91 Å². The molecule has 0 aliphatic carbocycles. The molecule has 0 radical (unpaired) electrons. The van der Waals surface area contributed by atoms with Crippen molar-refractivity contribution < 1.29 is 19.3 Å². The van der Waals surface area contributed by atoms with Crippen LogP contribution in [0.4, 0.5) is 5.69 Å². The van der Waals surface area contributed by atoms with E-state index in [0.29, 0.717) is 5.02 Å². The summed E-state index contributed by atoms with van der Waals surface area (Å²) < 4.78 is 0. The fourth-order valence-corrected chi connectivity index (χ4v) is 6.95. The van der Waals surface area contributed by atoms with Crippen molar-refractivity contribution in [2.45, 2.75) is 37.9 Å². The van der Waals surface area contributed by atoms with Crippen molar-refractivity contribution in [1.29, 1.82) is 0 Å². The molecule has 2 aromatic carbocycles. The van der Waals surface area contributed by atoms with Crippen LogP contribution in [-0.4, -0.2) is 35.2 Å². The number of aryl methyl sites for hydroxylation is 1. The molecule has 2 N–H and O–H groups in total. The van der Waals surface area contributed by atoms with Crippen molar-refractivity contribution in [3.05, 3.63) is 64.2 Å². The van der Waals surface area contributed by atoms with Gasteiger partial charge in [-0.1, -0.05) is 41.9 Å². The van der Waals surface area contributed by atoms with Crippen LogP contribution in [0.1, 0.15) is 29.5 Å². The highest BCUT2D eigenvalue weighted by atomic mass is 35.5. The number of hydrogen-bond acceptors (Lipinski definition) is 3. The summed E-state index contributed by atoms with van der Waals surface area (Å²) in [4.78, 5) is 43.5. The van der Waals surface area contributed by atoms with Crippen molar-refractivity contribution in [2.75, 3.05) is 11.9 Å². The second-order valence-corrected chi connectivity index (χ2v) is 9.62. The molecular formula is C24H23ClN3O3+. The zero-order valence-corrected chi connectivity index (χ0v) is 17.9. The minimum absolute atomic E-state index is 0.0294. The maximum Gasteiger partial charge on any atom is 0.291 e. The van der Waals surface area contributed by atoms with Crippen molar-refractivity contribution in [3.8, 4) is 0 Å². The number of hydrogen-bond donors (Lipinski definition) is 2. The molecule has 0 aromatic heterocycles. The molecule has 3 amide bonds. The van der Waals surface area contributed by atoms with Gasteiger partial charge in [0.15, 0.2) is 0 Å². The lowest BCUT2D eigenvalue weighted by atomic mass is 9.75. The van der Waals surface area contributed by atoms with Crippen LogP contribution in [0.15, 0.2) is 42.5 Å². The number of anilines is 1. The molecule has 2 aromatic rings. The number of carbonyl (C=O) groups excluding carboxylic acids is 3. The highest BCUT2D eigenvalue weighted by molar-refractivity contribution is 6.31. The average Bonchev–Trinajstić information content (AvgIpc) is 3.45. The van der Waals surface area contributed by atoms with Gasteiger partial charge in [0.05, 0.1) is 18.8 Å². The fraction of sp³-hybridized carbons (Fsp3) is 0.375. The van der Waals surface area contributed by atoms with Gasteiger partial charge in [-0.3, -0.25) is 19.3 Å². The predicted octanol–water partition coefficient (Wildman–Crippen LogP) is 1.66. The molecular weight excluding hydrogens is 414 g/mol. The first-order chi connectivity index (χ1) is 14.9. The van der Waals surface area contributed by atoms with Gasteiger partial charge >= 0.3 is 0 Å². The average molecular weight is 437 g/mol. The van der Waals surface area contributed by atoms with Crippen LogP contribution in [0, 0.1) is 18.8 Å². The Balaban J connectivity index is 1.52. The number of imide groups is 1. The minimum Gasteiger partial charge on any atom is -0.320 e. The second-order valence-electron chi connectivity index (χ2n) is 9.18. The summed E-state index contributed by atoms with van der Waals surface area (Å²) in [5.74, 6) is -1.71. The highest BCUT2D eigenvalue weighted by Gasteiger charge is 2.78. The first-order valence-electron chi connectivity index (χ1n) is 10.8. The third-order valence-electron chi connectivity index (χ3n) is 7.76. The SMILES string of the molecule is Cc1cc(Cl)cc2c1NC(=O)[C@@]21[C@@H]2C(=O)N(Cc3ccccc3)C(=O)[C@@H]2[C@@H]2CCC[NH+]21. The molecule has 7 heteroatoms. The summed E-state index contributed by atoms with van der Waals surface area (Å²) >= 11 is 6.41. The molecule has 1 spiro atoms. The Labute approximate surface area is 185 Å². The Hall–Kier alpha value is -2.70. The van der Waals surface area contributed by atoms with Crippen LogP contribution < -0.4 is 10.2 Å². The largest absolute Gasteiger partial charge is 0.320 e. The molecule has 6 rings (SSSR count). The number of nitrogens with one attached hydrogen (secondary N) is 2. The standard InChI is InChI=1S/C24H22ClN3O3/c1-13-10-15(25)11-16-20(13)26-23(31)24(16)19-18(17-8-5-9-28(17)24)21(29)27(22(19)30)12-14-6-3-2-4-7-14/h2-4,6-7,10-11,17-19H,5,8-9,12H2,1H3,(H,26,31)/p+1/t17-,18+,19-,24-/m0/s1. The van der Waals surface area contributed by atoms with Crippen LogP contribution in [0.25, 0.3) is 0 Å². The van der Waals surface area contributed by atoms with Crippen LogP contribution >= 0.6 is 11.6 Å². The van der Waals surface area contributed by atoms with Gasteiger partial charge in [-0.05, 0) is 30.2 Å². The molecule has 4 aliphatic rings. The van der Waals surface area contributed by atoms with Gasteiger partial charge in [-0.2, -0.15) is 0 Å². The van der Waals surface area contributed by atoms with E-state index in [9.17, 15) is 14.4 Å². The van der Waals surface area contributed by atoms with Crippen molar-refractivity contribution >= 4 is 35.0 Å². The van der Waals surface area contributed by atoms with E-state index in [1.807, 2.05) is 49.4 Å². The number of nitrogens with zero attached hydrogens (tertiary/aromatic N) is 1. The summed E-state index contributed by atoms with van der Waals surface area (Å²) in [7, 11) is 0. The van der Waals surface area contributed by atoms with E-state index in [0.717, 1.165) is 46.7 Å². The number of carbonyl (C=O) groups is 3. The smallest absolute Gasteiger partial charge is 0.291 e. The summed E-state index contributed by atoms with van der Waals surface area (Å²) in [5.41, 5.74) is 2.22. The first kappa shape index (κ1) is 19.0. The first-order valence-corrected chi connectivity index (χ1v) is 11.2. The lowest BCUT2D eigenvalue weighted by Gasteiger charge is -2.33. The summed E-state index contributed by atoms with van der Waals surface area (Å²) in [5, 5.41) is 3.60. The van der Waals surface area contributed by atoms with E-state index in [2.05, 4.69) is 5.32 Å². The number of benzene rings is 2. The number of fused-ring (bicyclic) bond motifs is 7. The third-order valence-corrected chi connectivity index (χ3v) is 7.98. The molecule has 0 saturated carbocycles. The topological polar surface area (TPSA) is 70.9 Å². The number of quaternary nitrogens is 1. The maximum atomic E-state index is 13.8. The Kier molecular flexibility index (Phi) is 3.93. The second kappa shape index (κ2) is 6.40. The molecule has 6 nitrogen and oxygen atoms in total. The number of rotatable bonds is 2. The van der Waals surface area contributed by atoms with Gasteiger partial charge in [0.2, 0.25) is 17.4 Å². The van der Waals surface area contributed by atoms with E-state index >= 15 is 0 Å². The third kappa shape index (κ3) is 2.29. The Morgan fingerprint density at radius 1 is 1.16 bits per heavy atom. The molecule has 0 bridgehead atoms. The van der Waals surface area contributed by atoms with Crippen molar-refractivity contribution in [2.24, 2.45) is 11.8 Å². The van der Waals surface area contributed by atoms with Gasteiger partial charge in [0, 0.05) is 23.4 Å². The Morgan fingerprint density at radius 3 is 2.71 bits per heavy atom. The molecule has 1 unspecified atom stereocenters. The van der Waals surface area contributed by atoms with Crippen molar-refractivity contribution in [1.82, 2.24) is 4.90 Å². The van der Waals surface area contributed by atoms with Gasteiger partial charge in [-0.25, -0.2) is 0 Å². The minimum atomic E-state index is -1.09. The van der Waals surface area contributed by atoms with E-state index in [-0.39, 0.29) is 30.3 Å². The molecule has 3 fully saturated rings. The Bertz CT molecular complexity index is 1150. The zero-order valence-electron chi connectivity index (χ0n) is 17.2. The molecule has 4 heterocycles. The van der Waals surface area contributed by atoms with Crippen LogP contribution in [0.5, 0.6) is 0 Å². The van der Waals surface area contributed by atoms with Crippen molar-refractivity contribution in [3.63, 3.8) is 0 Å². The van der Waals surface area contributed by atoms with E-state index in [1.165, 1.54) is 4.90 Å². The normalized spacial score (nSPS) is 33.1. The Morgan fingerprint density at radius 2 is 1.94 bits per heavy atom. The number of likely N-dealkylation sites (tertiary alicyclic amines) is 1. The maximum absolute atomic E-state index is 13.8. The molecule has 5 atom stereocenters. The highest BCUT2D eigenvalue weighted by Crippen LogP contribution is 2.52. The van der Waals surface area contributed by atoms with Crippen LogP contribution in [-0.2, 0) is 26.5 Å². The quantitative estimate of drug-likeness (QED) is 0.703. The fourth-order valence-electron chi connectivity index (χ4n) is 6.67. The number of amides is 3. The zero-order chi connectivity index (χ0) is 21.5. The lowest BCUT2D eigenvalue weighted by molar-refractivity contribution is -0.948. The molecule has 4 aliphatic heterocycles. The predicted molar refractivity (Wildman–Crippen MR) is 114 cm³/mol. The molecule has 31 heavy (non-hydrogen) atoms. The molecule has 3 saturated heterocycles. The van der Waals surface area contributed by atoms with Crippen LogP contribution in [0.3, 0.4) is 0 Å². The van der Waals surface area contributed by atoms with Crippen LogP contribution in [0.2, 0.25) is 5.02 Å². The summed E-state index contributed by atoms with van der Waals surface area (Å²) in [6.07, 6.45) is 1.78. The molecule has 158 valence electrons.